The number of phenols is 1. The highest BCUT2D eigenvalue weighted by Crippen LogP contribution is 2.26. The molecule has 2 heterocycles. The van der Waals surface area contributed by atoms with E-state index in [0.717, 1.165) is 0 Å². The second kappa shape index (κ2) is 7.39. The lowest BCUT2D eigenvalue weighted by atomic mass is 10.2. The van der Waals surface area contributed by atoms with Gasteiger partial charge in [0.1, 0.15) is 28.1 Å². The highest BCUT2D eigenvalue weighted by molar-refractivity contribution is 5.91. The van der Waals surface area contributed by atoms with Crippen molar-refractivity contribution in [2.75, 3.05) is 5.32 Å². The third-order valence-electron chi connectivity index (χ3n) is 4.00. The molecule has 0 aliphatic carbocycles. The van der Waals surface area contributed by atoms with E-state index in [9.17, 15) is 19.6 Å². The van der Waals surface area contributed by atoms with E-state index in [-0.39, 0.29) is 23.2 Å². The Hall–Kier alpha value is -4.27. The maximum absolute atomic E-state index is 13.7. The first kappa shape index (κ1) is 18.1. The number of nitro groups is 1. The molecule has 8 nitrogen and oxygen atoms in total. The number of phenolic OH excluding ortho intramolecular Hbond substituents is 1. The lowest BCUT2D eigenvalue weighted by Crippen LogP contribution is -1.99. The predicted octanol–water partition coefficient (Wildman–Crippen LogP) is 4.89. The number of hydrogen-bond acceptors (Lipinski definition) is 7. The Kier molecular flexibility index (Phi) is 4.62. The summed E-state index contributed by atoms with van der Waals surface area (Å²) in [5.41, 5.74) is 1.05. The van der Waals surface area contributed by atoms with Gasteiger partial charge in [0.2, 0.25) is 0 Å². The van der Waals surface area contributed by atoms with Crippen LogP contribution in [0.5, 0.6) is 5.75 Å². The van der Waals surface area contributed by atoms with Crippen LogP contribution in [0.4, 0.5) is 21.8 Å². The van der Waals surface area contributed by atoms with Gasteiger partial charge in [-0.1, -0.05) is 0 Å². The molecule has 2 aromatic heterocycles. The van der Waals surface area contributed by atoms with Crippen molar-refractivity contribution >= 4 is 40.4 Å². The number of nitrogens with zero attached hydrogens (tertiary/aromatic N) is 3. The van der Waals surface area contributed by atoms with Gasteiger partial charge in [-0.3, -0.25) is 10.1 Å². The van der Waals surface area contributed by atoms with Gasteiger partial charge < -0.3 is 14.8 Å². The van der Waals surface area contributed by atoms with Crippen LogP contribution < -0.4 is 5.32 Å². The van der Waals surface area contributed by atoms with Gasteiger partial charge in [-0.05, 0) is 54.6 Å². The number of halogens is 1. The summed E-state index contributed by atoms with van der Waals surface area (Å²) in [7, 11) is 0. The zero-order valence-corrected chi connectivity index (χ0v) is 14.7. The highest BCUT2D eigenvalue weighted by Gasteiger charge is 2.11. The number of furan rings is 1. The number of aromatic hydroxyl groups is 1. The van der Waals surface area contributed by atoms with Crippen LogP contribution >= 0.6 is 0 Å². The lowest BCUT2D eigenvalue weighted by molar-refractivity contribution is -0.402. The van der Waals surface area contributed by atoms with E-state index in [1.165, 1.54) is 48.6 Å². The molecule has 0 spiro atoms. The summed E-state index contributed by atoms with van der Waals surface area (Å²) in [5, 5.41) is 23.9. The second-order valence-electron chi connectivity index (χ2n) is 6.03. The minimum absolute atomic E-state index is 0.126. The van der Waals surface area contributed by atoms with Crippen LogP contribution in [-0.4, -0.2) is 20.0 Å². The molecule has 29 heavy (non-hydrogen) atoms. The smallest absolute Gasteiger partial charge is 0.433 e. The van der Waals surface area contributed by atoms with Gasteiger partial charge in [0.05, 0.1) is 11.6 Å². The summed E-state index contributed by atoms with van der Waals surface area (Å²) in [6, 6.07) is 13.2. The summed E-state index contributed by atoms with van der Waals surface area (Å²) in [4.78, 5) is 18.8. The quantitative estimate of drug-likeness (QED) is 0.282. The largest absolute Gasteiger partial charge is 0.508 e. The van der Waals surface area contributed by atoms with Crippen molar-refractivity contribution in [3.05, 3.63) is 82.1 Å². The fourth-order valence-corrected chi connectivity index (χ4v) is 2.66. The minimum atomic E-state index is -0.633. The number of rotatable bonds is 5. The molecule has 0 radical (unpaired) electrons. The number of hydrogen-bond donors (Lipinski definition) is 2. The molecule has 0 saturated carbocycles. The minimum Gasteiger partial charge on any atom is -0.508 e. The molecule has 144 valence electrons. The van der Waals surface area contributed by atoms with Gasteiger partial charge in [-0.15, -0.1) is 0 Å². The summed E-state index contributed by atoms with van der Waals surface area (Å²) >= 11 is 0. The van der Waals surface area contributed by atoms with Crippen LogP contribution in [0.15, 0.2) is 59.0 Å². The Bertz CT molecular complexity index is 1240. The number of nitrogens with one attached hydrogen (secondary N) is 1. The van der Waals surface area contributed by atoms with E-state index in [1.54, 1.807) is 18.2 Å². The highest BCUT2D eigenvalue weighted by atomic mass is 19.1. The molecule has 2 N–H and O–H groups in total. The van der Waals surface area contributed by atoms with Gasteiger partial charge in [0, 0.05) is 17.1 Å². The average Bonchev–Trinajstić information content (AvgIpc) is 3.17. The molecule has 0 bridgehead atoms. The van der Waals surface area contributed by atoms with Gasteiger partial charge in [-0.2, -0.15) is 0 Å². The molecule has 0 aliphatic heterocycles. The topological polar surface area (TPSA) is 114 Å². The SMILES string of the molecule is O=[N+]([O-])c1ccc(/C=C/c2nc(Nc3ccc(O)cc3)c3ccc(F)cc3n2)o1. The lowest BCUT2D eigenvalue weighted by Gasteiger charge is -2.10. The molecule has 2 aromatic carbocycles. The third-order valence-corrected chi connectivity index (χ3v) is 4.00. The van der Waals surface area contributed by atoms with E-state index < -0.39 is 10.7 Å². The van der Waals surface area contributed by atoms with Gasteiger partial charge in [0.15, 0.2) is 5.82 Å². The summed E-state index contributed by atoms with van der Waals surface area (Å²) in [5.74, 6) is 0.257. The fourth-order valence-electron chi connectivity index (χ4n) is 2.66. The third kappa shape index (κ3) is 4.03. The first-order chi connectivity index (χ1) is 14.0. The molecular formula is C20H13FN4O4. The average molecular weight is 392 g/mol. The fraction of sp³-hybridized carbons (Fsp3) is 0. The van der Waals surface area contributed by atoms with E-state index in [4.69, 9.17) is 4.42 Å². The zero-order valence-electron chi connectivity index (χ0n) is 14.7. The van der Waals surface area contributed by atoms with Crippen molar-refractivity contribution in [1.82, 2.24) is 9.97 Å². The van der Waals surface area contributed by atoms with Gasteiger partial charge >= 0.3 is 5.88 Å². The van der Waals surface area contributed by atoms with Crippen molar-refractivity contribution in [1.29, 1.82) is 0 Å². The zero-order chi connectivity index (χ0) is 20.4. The van der Waals surface area contributed by atoms with Crippen LogP contribution in [0.25, 0.3) is 23.1 Å². The number of fused-ring (bicyclic) bond motifs is 1. The Morgan fingerprint density at radius 1 is 1.07 bits per heavy atom. The molecule has 0 amide bonds. The van der Waals surface area contributed by atoms with Crippen molar-refractivity contribution in [3.8, 4) is 5.75 Å². The maximum atomic E-state index is 13.7. The molecule has 0 unspecified atom stereocenters. The van der Waals surface area contributed by atoms with Crippen LogP contribution in [0, 0.1) is 15.9 Å². The Balaban J connectivity index is 1.72. The van der Waals surface area contributed by atoms with E-state index in [2.05, 4.69) is 15.3 Å². The van der Waals surface area contributed by atoms with Crippen LogP contribution in [0.3, 0.4) is 0 Å². The predicted molar refractivity (Wildman–Crippen MR) is 105 cm³/mol. The summed E-state index contributed by atoms with van der Waals surface area (Å²) < 4.78 is 18.8. The number of aromatic nitrogens is 2. The molecule has 0 fully saturated rings. The van der Waals surface area contributed by atoms with Crippen LogP contribution in [0.1, 0.15) is 11.6 Å². The first-order valence-corrected chi connectivity index (χ1v) is 8.43. The van der Waals surface area contributed by atoms with E-state index >= 15 is 0 Å². The van der Waals surface area contributed by atoms with Gasteiger partial charge in [0.25, 0.3) is 0 Å². The van der Waals surface area contributed by atoms with Gasteiger partial charge in [-0.25, -0.2) is 14.4 Å². The van der Waals surface area contributed by atoms with Crippen LogP contribution in [0.2, 0.25) is 0 Å². The van der Waals surface area contributed by atoms with Crippen molar-refractivity contribution in [2.24, 2.45) is 0 Å². The Morgan fingerprint density at radius 2 is 1.86 bits per heavy atom. The van der Waals surface area contributed by atoms with E-state index in [0.29, 0.717) is 22.4 Å². The molecule has 0 atom stereocenters. The van der Waals surface area contributed by atoms with Crippen LogP contribution in [-0.2, 0) is 0 Å². The molecule has 9 heteroatoms. The van der Waals surface area contributed by atoms with E-state index in [1.807, 2.05) is 0 Å². The molecule has 0 aliphatic rings. The molecule has 0 saturated heterocycles. The maximum Gasteiger partial charge on any atom is 0.433 e. The summed E-state index contributed by atoms with van der Waals surface area (Å²) in [6.07, 6.45) is 2.99. The molecule has 4 aromatic rings. The Labute approximate surface area is 163 Å². The number of anilines is 2. The number of benzene rings is 2. The Morgan fingerprint density at radius 3 is 2.59 bits per heavy atom. The molecular weight excluding hydrogens is 379 g/mol. The normalized spacial score (nSPS) is 11.2. The van der Waals surface area contributed by atoms with Crippen molar-refractivity contribution < 1.29 is 18.8 Å². The van der Waals surface area contributed by atoms with Crippen molar-refractivity contribution in [3.63, 3.8) is 0 Å². The molecule has 4 rings (SSSR count). The first-order valence-electron chi connectivity index (χ1n) is 8.43. The monoisotopic (exact) mass is 392 g/mol. The second-order valence-corrected chi connectivity index (χ2v) is 6.03. The van der Waals surface area contributed by atoms with Crippen molar-refractivity contribution in [2.45, 2.75) is 0 Å². The summed E-state index contributed by atoms with van der Waals surface area (Å²) in [6.45, 7) is 0. The standard InChI is InChI=1S/C20H13FN4O4/c21-12-1-8-16-17(11-12)23-18(9-6-15-7-10-19(29-15)25(27)28)24-20(16)22-13-2-4-14(26)5-3-13/h1-11,26H,(H,22,23,24)/b9-6+.